The molecule has 0 saturated carbocycles. The number of carbonyl (C=O) groups excluding carboxylic acids is 1. The van der Waals surface area contributed by atoms with Crippen LogP contribution in [0.15, 0.2) is 48.8 Å². The van der Waals surface area contributed by atoms with E-state index in [2.05, 4.69) is 26.2 Å². The number of aromatic nitrogens is 4. The van der Waals surface area contributed by atoms with E-state index < -0.39 is 0 Å². The highest BCUT2D eigenvalue weighted by molar-refractivity contribution is 5.80. The Labute approximate surface area is 143 Å². The summed E-state index contributed by atoms with van der Waals surface area (Å²) in [5, 5.41) is 16.8. The fourth-order valence-electron chi connectivity index (χ4n) is 2.37. The van der Waals surface area contributed by atoms with Gasteiger partial charge in [0.25, 0.3) is 0 Å². The number of halogens is 1. The maximum absolute atomic E-state index is 13.5. The van der Waals surface area contributed by atoms with E-state index in [1.807, 2.05) is 25.1 Å². The van der Waals surface area contributed by atoms with Gasteiger partial charge in [-0.2, -0.15) is 0 Å². The fourth-order valence-corrected chi connectivity index (χ4v) is 2.37. The second-order valence-corrected chi connectivity index (χ2v) is 5.48. The number of amides is 1. The molecule has 0 fully saturated rings. The summed E-state index contributed by atoms with van der Waals surface area (Å²) >= 11 is 0. The van der Waals surface area contributed by atoms with Crippen LogP contribution in [0.2, 0.25) is 0 Å². The van der Waals surface area contributed by atoms with Crippen LogP contribution in [0.4, 0.5) is 10.1 Å². The highest BCUT2D eigenvalue weighted by Gasteiger charge is 2.06. The van der Waals surface area contributed by atoms with Crippen LogP contribution in [0.3, 0.4) is 0 Å². The van der Waals surface area contributed by atoms with Crippen molar-refractivity contribution in [3.8, 4) is 5.69 Å². The van der Waals surface area contributed by atoms with Crippen LogP contribution in [0.5, 0.6) is 0 Å². The van der Waals surface area contributed by atoms with Crippen LogP contribution in [0, 0.1) is 12.7 Å². The summed E-state index contributed by atoms with van der Waals surface area (Å²) in [5.74, 6) is -0.546. The maximum Gasteiger partial charge on any atom is 0.239 e. The first-order valence-corrected chi connectivity index (χ1v) is 7.71. The Morgan fingerprint density at radius 1 is 1.24 bits per heavy atom. The van der Waals surface area contributed by atoms with Crippen molar-refractivity contribution in [2.75, 3.05) is 11.9 Å². The predicted molar refractivity (Wildman–Crippen MR) is 90.6 cm³/mol. The first-order chi connectivity index (χ1) is 12.1. The quantitative estimate of drug-likeness (QED) is 0.715. The van der Waals surface area contributed by atoms with Crippen LogP contribution in [-0.2, 0) is 11.3 Å². The minimum absolute atomic E-state index is 0.0954. The second-order valence-electron chi connectivity index (χ2n) is 5.48. The first kappa shape index (κ1) is 16.6. The molecule has 0 bridgehead atoms. The Morgan fingerprint density at radius 3 is 2.80 bits per heavy atom. The van der Waals surface area contributed by atoms with E-state index in [9.17, 15) is 9.18 Å². The number of nitrogens with one attached hydrogen (secondary N) is 2. The van der Waals surface area contributed by atoms with Crippen molar-refractivity contribution in [3.63, 3.8) is 0 Å². The third-order valence-electron chi connectivity index (χ3n) is 3.68. The van der Waals surface area contributed by atoms with Gasteiger partial charge in [0.2, 0.25) is 5.91 Å². The van der Waals surface area contributed by atoms with Crippen LogP contribution >= 0.6 is 0 Å². The molecule has 0 aliphatic carbocycles. The van der Waals surface area contributed by atoms with E-state index in [0.29, 0.717) is 5.56 Å². The summed E-state index contributed by atoms with van der Waals surface area (Å²) in [7, 11) is 0. The van der Waals surface area contributed by atoms with E-state index in [-0.39, 0.29) is 24.8 Å². The van der Waals surface area contributed by atoms with Crippen LogP contribution < -0.4 is 10.6 Å². The number of hydrogen-bond donors (Lipinski definition) is 2. The molecule has 128 valence electrons. The molecule has 0 spiro atoms. The van der Waals surface area contributed by atoms with Crippen molar-refractivity contribution in [1.29, 1.82) is 0 Å². The Hall–Kier alpha value is -3.29. The number of aryl methyl sites for hydroxylation is 1. The Morgan fingerprint density at radius 2 is 2.08 bits per heavy atom. The Kier molecular flexibility index (Phi) is 4.98. The summed E-state index contributed by atoms with van der Waals surface area (Å²) < 4.78 is 15.1. The summed E-state index contributed by atoms with van der Waals surface area (Å²) in [6.07, 6.45) is 1.52. The number of anilines is 1. The molecule has 3 rings (SSSR count). The average Bonchev–Trinajstić information content (AvgIpc) is 3.13. The topological polar surface area (TPSA) is 84.7 Å². The molecule has 0 unspecified atom stereocenters. The van der Waals surface area contributed by atoms with Crippen molar-refractivity contribution in [3.05, 3.63) is 65.7 Å². The smallest absolute Gasteiger partial charge is 0.239 e. The highest BCUT2D eigenvalue weighted by Crippen LogP contribution is 2.17. The van der Waals surface area contributed by atoms with Crippen LogP contribution in [0.1, 0.15) is 11.1 Å². The molecule has 7 nitrogen and oxygen atoms in total. The van der Waals surface area contributed by atoms with E-state index in [1.54, 1.807) is 22.9 Å². The van der Waals surface area contributed by atoms with Gasteiger partial charge in [0.15, 0.2) is 0 Å². The molecule has 25 heavy (non-hydrogen) atoms. The molecule has 0 saturated heterocycles. The van der Waals surface area contributed by atoms with Gasteiger partial charge >= 0.3 is 0 Å². The molecular formula is C17H17FN6O. The minimum atomic E-state index is -0.329. The van der Waals surface area contributed by atoms with Gasteiger partial charge in [0.1, 0.15) is 12.1 Å². The lowest BCUT2D eigenvalue weighted by Crippen LogP contribution is -2.29. The zero-order valence-electron chi connectivity index (χ0n) is 13.6. The normalized spacial score (nSPS) is 10.5. The van der Waals surface area contributed by atoms with Gasteiger partial charge in [-0.1, -0.05) is 18.2 Å². The van der Waals surface area contributed by atoms with E-state index in [1.165, 1.54) is 12.4 Å². The summed E-state index contributed by atoms with van der Waals surface area (Å²) in [6.45, 7) is 2.18. The van der Waals surface area contributed by atoms with Gasteiger partial charge in [-0.3, -0.25) is 4.79 Å². The molecule has 1 heterocycles. The molecule has 0 radical (unpaired) electrons. The number of hydrogen-bond acceptors (Lipinski definition) is 5. The van der Waals surface area contributed by atoms with E-state index in [4.69, 9.17) is 0 Å². The summed E-state index contributed by atoms with van der Waals surface area (Å²) in [6, 6.07) is 12.0. The maximum atomic E-state index is 13.5. The van der Waals surface area contributed by atoms with E-state index >= 15 is 0 Å². The monoisotopic (exact) mass is 340 g/mol. The largest absolute Gasteiger partial charge is 0.376 e. The van der Waals surface area contributed by atoms with Crippen molar-refractivity contribution < 1.29 is 9.18 Å². The standard InChI is InChI=1S/C17H17FN6O/c1-12-8-14(6-7-16(12)24-11-21-22-23-24)19-10-17(25)20-9-13-4-2-3-5-15(13)18/h2-8,11,19H,9-10H2,1H3,(H,20,25). The number of nitrogens with zero attached hydrogens (tertiary/aromatic N) is 4. The molecule has 2 aromatic carbocycles. The number of carbonyl (C=O) groups is 1. The van der Waals surface area contributed by atoms with E-state index in [0.717, 1.165) is 16.9 Å². The third-order valence-corrected chi connectivity index (χ3v) is 3.68. The summed E-state index contributed by atoms with van der Waals surface area (Å²) in [5.41, 5.74) is 3.08. The SMILES string of the molecule is Cc1cc(NCC(=O)NCc2ccccc2F)ccc1-n1cnnn1. The number of tetrazole rings is 1. The molecular weight excluding hydrogens is 323 g/mol. The molecule has 2 N–H and O–H groups in total. The van der Waals surface area contributed by atoms with Crippen molar-refractivity contribution in [2.45, 2.75) is 13.5 Å². The second kappa shape index (κ2) is 7.52. The molecule has 8 heteroatoms. The van der Waals surface area contributed by atoms with Gasteiger partial charge in [-0.15, -0.1) is 5.10 Å². The van der Waals surface area contributed by atoms with Gasteiger partial charge in [0, 0.05) is 17.8 Å². The lowest BCUT2D eigenvalue weighted by molar-refractivity contribution is -0.119. The van der Waals surface area contributed by atoms with Gasteiger partial charge in [-0.25, -0.2) is 9.07 Å². The minimum Gasteiger partial charge on any atom is -0.376 e. The van der Waals surface area contributed by atoms with Gasteiger partial charge in [0.05, 0.1) is 12.2 Å². The van der Waals surface area contributed by atoms with Crippen molar-refractivity contribution in [2.24, 2.45) is 0 Å². The third kappa shape index (κ3) is 4.17. The van der Waals surface area contributed by atoms with Crippen LogP contribution in [-0.4, -0.2) is 32.7 Å². The average molecular weight is 340 g/mol. The highest BCUT2D eigenvalue weighted by atomic mass is 19.1. The zero-order valence-corrected chi connectivity index (χ0v) is 13.6. The summed E-state index contributed by atoms with van der Waals surface area (Å²) in [4.78, 5) is 11.9. The van der Waals surface area contributed by atoms with Crippen molar-refractivity contribution >= 4 is 11.6 Å². The van der Waals surface area contributed by atoms with Gasteiger partial charge < -0.3 is 10.6 Å². The van der Waals surface area contributed by atoms with Gasteiger partial charge in [-0.05, 0) is 47.2 Å². The number of benzene rings is 2. The first-order valence-electron chi connectivity index (χ1n) is 7.71. The molecule has 0 aliphatic rings. The molecule has 1 aromatic heterocycles. The molecule has 1 amide bonds. The Balaban J connectivity index is 1.54. The fraction of sp³-hybridized carbons (Fsp3) is 0.176. The lowest BCUT2D eigenvalue weighted by Gasteiger charge is -2.11. The predicted octanol–water partition coefficient (Wildman–Crippen LogP) is 1.84. The van der Waals surface area contributed by atoms with Crippen LogP contribution in [0.25, 0.3) is 5.69 Å². The van der Waals surface area contributed by atoms with Crippen molar-refractivity contribution in [1.82, 2.24) is 25.5 Å². The Bertz CT molecular complexity index is 865. The zero-order chi connectivity index (χ0) is 17.6. The molecule has 0 atom stereocenters. The lowest BCUT2D eigenvalue weighted by atomic mass is 10.2. The number of rotatable bonds is 6. The molecule has 3 aromatic rings. The molecule has 0 aliphatic heterocycles.